The molecule has 0 saturated heterocycles. The van der Waals surface area contributed by atoms with Crippen molar-refractivity contribution in [1.29, 1.82) is 0 Å². The number of aromatic nitrogens is 2. The van der Waals surface area contributed by atoms with E-state index < -0.39 is 15.3 Å². The normalized spacial score (nSPS) is 14.5. The Morgan fingerprint density at radius 3 is 2.08 bits per heavy atom. The maximum absolute atomic E-state index is 12.7. The molecule has 0 spiro atoms. The fraction of sp³-hybridized carbons (Fsp3) is 0.222. The Bertz CT molecular complexity index is 1570. The summed E-state index contributed by atoms with van der Waals surface area (Å²) in [5.74, 6) is 0.860. The Labute approximate surface area is 229 Å². The second kappa shape index (κ2) is 9.87. The molecule has 0 radical (unpaired) electrons. The summed E-state index contributed by atoms with van der Waals surface area (Å²) in [5, 5.41) is 5.73. The van der Waals surface area contributed by atoms with Gasteiger partial charge in [-0.15, -0.1) is 0 Å². The zero-order valence-corrected chi connectivity index (χ0v) is 22.8. The first kappa shape index (κ1) is 25.9. The number of rotatable bonds is 8. The summed E-state index contributed by atoms with van der Waals surface area (Å²) >= 11 is 19.4. The lowest BCUT2D eigenvalue weighted by Gasteiger charge is -2.16. The number of hydrogen-bond donors (Lipinski definition) is 0. The van der Waals surface area contributed by atoms with Crippen LogP contribution in [0.3, 0.4) is 0 Å². The first-order chi connectivity index (χ1) is 17.5. The molecule has 5 rings (SSSR count). The average Bonchev–Trinajstić information content (AvgIpc) is 3.45. The summed E-state index contributed by atoms with van der Waals surface area (Å²) in [5.41, 5.74) is 2.38. The molecule has 1 aromatic heterocycles. The fourth-order valence-corrected chi connectivity index (χ4v) is 6.05. The minimum absolute atomic E-state index is 0.0427. The third kappa shape index (κ3) is 5.46. The summed E-state index contributed by atoms with van der Waals surface area (Å²) < 4.78 is 28.8. The third-order valence-electron chi connectivity index (χ3n) is 6.43. The van der Waals surface area contributed by atoms with E-state index in [0.29, 0.717) is 32.3 Å². The predicted octanol–water partition coefficient (Wildman–Crippen LogP) is 6.53. The molecule has 0 aliphatic heterocycles. The summed E-state index contributed by atoms with van der Waals surface area (Å²) in [6, 6.07) is 17.0. The fourth-order valence-electron chi connectivity index (χ4n) is 4.40. The highest BCUT2D eigenvalue weighted by molar-refractivity contribution is 7.90. The summed E-state index contributed by atoms with van der Waals surface area (Å²) in [6.07, 6.45) is 3.00. The van der Waals surface area contributed by atoms with Gasteiger partial charge in [0.2, 0.25) is 0 Å². The van der Waals surface area contributed by atoms with Gasteiger partial charge < -0.3 is 4.52 Å². The summed E-state index contributed by atoms with van der Waals surface area (Å²) in [6.45, 7) is 0. The lowest BCUT2D eigenvalue weighted by molar-refractivity contribution is -0.117. The van der Waals surface area contributed by atoms with Crippen molar-refractivity contribution in [3.05, 3.63) is 98.2 Å². The Hall–Kier alpha value is -2.71. The van der Waals surface area contributed by atoms with Crippen molar-refractivity contribution >= 4 is 50.4 Å². The number of sulfone groups is 1. The van der Waals surface area contributed by atoms with Gasteiger partial charge in [0.1, 0.15) is 5.78 Å². The van der Waals surface area contributed by atoms with Crippen LogP contribution in [-0.2, 0) is 32.9 Å². The maximum Gasteiger partial charge on any atom is 0.257 e. The van der Waals surface area contributed by atoms with Crippen LogP contribution in [0, 0.1) is 0 Å². The second-order valence-corrected chi connectivity index (χ2v) is 12.5. The molecule has 0 unspecified atom stereocenters. The molecule has 1 heterocycles. The van der Waals surface area contributed by atoms with E-state index in [-0.39, 0.29) is 23.5 Å². The highest BCUT2D eigenvalue weighted by Gasteiger charge is 2.52. The van der Waals surface area contributed by atoms with Crippen molar-refractivity contribution in [2.75, 3.05) is 6.26 Å². The monoisotopic (exact) mass is 574 g/mol. The van der Waals surface area contributed by atoms with Crippen LogP contribution in [0.5, 0.6) is 0 Å². The van der Waals surface area contributed by atoms with Gasteiger partial charge >= 0.3 is 0 Å². The predicted molar refractivity (Wildman–Crippen MR) is 143 cm³/mol. The van der Waals surface area contributed by atoms with E-state index in [0.717, 1.165) is 35.8 Å². The average molecular weight is 576 g/mol. The Balaban J connectivity index is 1.33. The minimum Gasteiger partial charge on any atom is -0.334 e. The van der Waals surface area contributed by atoms with Crippen molar-refractivity contribution < 1.29 is 17.7 Å². The molecule has 0 bridgehead atoms. The highest BCUT2D eigenvalue weighted by Crippen LogP contribution is 2.56. The molecule has 1 saturated carbocycles. The number of nitrogens with zero attached hydrogens (tertiary/aromatic N) is 2. The van der Waals surface area contributed by atoms with E-state index in [1.54, 1.807) is 36.4 Å². The molecule has 6 nitrogen and oxygen atoms in total. The minimum atomic E-state index is -3.29. The van der Waals surface area contributed by atoms with Crippen molar-refractivity contribution in [1.82, 2.24) is 10.1 Å². The van der Waals surface area contributed by atoms with Crippen LogP contribution in [-0.4, -0.2) is 30.6 Å². The number of halogens is 3. The van der Waals surface area contributed by atoms with Crippen molar-refractivity contribution in [2.45, 2.75) is 36.0 Å². The number of hydrogen-bond acceptors (Lipinski definition) is 6. The lowest BCUT2D eigenvalue weighted by Crippen LogP contribution is -2.13. The molecule has 3 aromatic carbocycles. The van der Waals surface area contributed by atoms with Crippen LogP contribution < -0.4 is 0 Å². The molecule has 1 aliphatic rings. The number of benzene rings is 3. The number of ketones is 1. The topological polar surface area (TPSA) is 90.1 Å². The molecule has 1 aliphatic carbocycles. The van der Waals surface area contributed by atoms with Gasteiger partial charge in [-0.25, -0.2) is 8.42 Å². The van der Waals surface area contributed by atoms with Crippen LogP contribution in [0.1, 0.15) is 35.4 Å². The molecule has 0 N–H and O–H groups in total. The second-order valence-electron chi connectivity index (χ2n) is 9.25. The molecular formula is C27H21Cl3N2O4S. The van der Waals surface area contributed by atoms with E-state index in [2.05, 4.69) is 10.1 Å². The number of carbonyl (C=O) groups excluding carboxylic acids is 1. The van der Waals surface area contributed by atoms with Gasteiger partial charge in [-0.1, -0.05) is 52.1 Å². The van der Waals surface area contributed by atoms with Crippen LogP contribution >= 0.6 is 34.8 Å². The lowest BCUT2D eigenvalue weighted by atomic mass is 9.92. The first-order valence-corrected chi connectivity index (χ1v) is 14.5. The van der Waals surface area contributed by atoms with E-state index in [9.17, 15) is 13.2 Å². The van der Waals surface area contributed by atoms with Gasteiger partial charge in [-0.3, -0.25) is 4.79 Å². The van der Waals surface area contributed by atoms with E-state index in [1.807, 2.05) is 12.1 Å². The zero-order valence-electron chi connectivity index (χ0n) is 19.7. The molecule has 37 heavy (non-hydrogen) atoms. The number of Topliss-reactive ketones (excluding diaryl/α,β-unsaturated/α-hetero) is 1. The Morgan fingerprint density at radius 1 is 0.919 bits per heavy atom. The maximum atomic E-state index is 12.7. The molecule has 0 atom stereocenters. The van der Waals surface area contributed by atoms with Gasteiger partial charge in [0, 0.05) is 45.3 Å². The van der Waals surface area contributed by atoms with Crippen LogP contribution in [0.15, 0.2) is 70.1 Å². The van der Waals surface area contributed by atoms with Crippen molar-refractivity contribution in [3.63, 3.8) is 0 Å². The zero-order chi connectivity index (χ0) is 26.4. The Morgan fingerprint density at radius 2 is 1.51 bits per heavy atom. The molecule has 1 fully saturated rings. The van der Waals surface area contributed by atoms with Gasteiger partial charge in [0.25, 0.3) is 5.89 Å². The molecule has 190 valence electrons. The van der Waals surface area contributed by atoms with Crippen LogP contribution in [0.25, 0.3) is 11.5 Å². The molecule has 4 aromatic rings. The third-order valence-corrected chi connectivity index (χ3v) is 8.41. The molecular weight excluding hydrogens is 555 g/mol. The van der Waals surface area contributed by atoms with E-state index in [1.165, 1.54) is 12.1 Å². The van der Waals surface area contributed by atoms with Gasteiger partial charge in [-0.2, -0.15) is 4.98 Å². The molecule has 10 heteroatoms. The summed E-state index contributed by atoms with van der Waals surface area (Å²) in [7, 11) is -3.29. The van der Waals surface area contributed by atoms with Crippen molar-refractivity contribution in [3.8, 4) is 11.5 Å². The van der Waals surface area contributed by atoms with E-state index in [4.69, 9.17) is 39.3 Å². The smallest absolute Gasteiger partial charge is 0.257 e. The summed E-state index contributed by atoms with van der Waals surface area (Å²) in [4.78, 5) is 17.5. The quantitative estimate of drug-likeness (QED) is 0.237. The van der Waals surface area contributed by atoms with Gasteiger partial charge in [0.15, 0.2) is 15.7 Å². The SMILES string of the molecule is CS(=O)(=O)c1ccc(CC(=O)Cc2cc(Cl)c(C3(c4noc(-c5ccc(Cl)cc5)n4)CC3)c(Cl)c2)cc1. The van der Waals surface area contributed by atoms with E-state index >= 15 is 0 Å². The highest BCUT2D eigenvalue weighted by atomic mass is 35.5. The standard InChI is InChI=1S/C27H21Cl3N2O4S/c1-37(34,35)21-8-2-16(3-9-21)12-20(33)13-17-14-22(29)24(23(30)15-17)27(10-11-27)26-31-25(36-32-26)18-4-6-19(28)7-5-18/h2-9,14-15H,10-13H2,1H3. The van der Waals surface area contributed by atoms with Crippen LogP contribution in [0.2, 0.25) is 15.1 Å². The first-order valence-electron chi connectivity index (χ1n) is 11.4. The van der Waals surface area contributed by atoms with Crippen molar-refractivity contribution in [2.24, 2.45) is 0 Å². The van der Waals surface area contributed by atoms with Gasteiger partial charge in [0.05, 0.1) is 10.3 Å². The van der Waals surface area contributed by atoms with Crippen LogP contribution in [0.4, 0.5) is 0 Å². The largest absolute Gasteiger partial charge is 0.334 e. The molecule has 0 amide bonds. The van der Waals surface area contributed by atoms with Gasteiger partial charge in [-0.05, 0) is 72.5 Å². The number of carbonyl (C=O) groups is 1. The Kier molecular flexibility index (Phi) is 6.92.